The van der Waals surface area contributed by atoms with Crippen molar-refractivity contribution in [2.24, 2.45) is 0 Å². The minimum Gasteiger partial charge on any atom is -0.438 e. The molecule has 0 unspecified atom stereocenters. The van der Waals surface area contributed by atoms with E-state index in [2.05, 4.69) is 9.97 Å². The molecular formula is C11H8ClFN2O. The lowest BCUT2D eigenvalue weighted by Gasteiger charge is -2.06. The van der Waals surface area contributed by atoms with Crippen LogP contribution in [0.1, 0.15) is 5.56 Å². The Balaban J connectivity index is 2.30. The molecule has 0 aliphatic rings. The highest BCUT2D eigenvalue weighted by atomic mass is 35.5. The smallest absolute Gasteiger partial charge is 0.226 e. The summed E-state index contributed by atoms with van der Waals surface area (Å²) in [6, 6.07) is 5.81. The Morgan fingerprint density at radius 1 is 1.38 bits per heavy atom. The van der Waals surface area contributed by atoms with Crippen LogP contribution in [0.2, 0.25) is 5.28 Å². The molecule has 0 N–H and O–H groups in total. The van der Waals surface area contributed by atoms with Gasteiger partial charge in [0.2, 0.25) is 11.2 Å². The van der Waals surface area contributed by atoms with Crippen molar-refractivity contribution >= 4 is 11.6 Å². The summed E-state index contributed by atoms with van der Waals surface area (Å²) in [6.45, 7) is 1.78. The average molecular weight is 239 g/mol. The van der Waals surface area contributed by atoms with Crippen molar-refractivity contribution in [1.82, 2.24) is 9.97 Å². The van der Waals surface area contributed by atoms with E-state index in [9.17, 15) is 4.39 Å². The number of aromatic nitrogens is 2. The molecule has 0 aliphatic heterocycles. The van der Waals surface area contributed by atoms with Gasteiger partial charge in [0.25, 0.3) is 0 Å². The first kappa shape index (κ1) is 10.8. The van der Waals surface area contributed by atoms with Gasteiger partial charge in [-0.15, -0.1) is 0 Å². The topological polar surface area (TPSA) is 35.0 Å². The predicted molar refractivity (Wildman–Crippen MR) is 58.3 cm³/mol. The molecule has 5 heteroatoms. The van der Waals surface area contributed by atoms with Crippen molar-refractivity contribution < 1.29 is 9.13 Å². The summed E-state index contributed by atoms with van der Waals surface area (Å²) in [5, 5.41) is 0.0944. The van der Waals surface area contributed by atoms with E-state index in [0.717, 1.165) is 5.56 Å². The van der Waals surface area contributed by atoms with Crippen LogP contribution < -0.4 is 4.74 Å². The predicted octanol–water partition coefficient (Wildman–Crippen LogP) is 3.37. The summed E-state index contributed by atoms with van der Waals surface area (Å²) >= 11 is 5.64. The maximum atomic E-state index is 12.9. The van der Waals surface area contributed by atoms with Gasteiger partial charge in [-0.2, -0.15) is 4.98 Å². The van der Waals surface area contributed by atoms with Crippen LogP contribution in [0.5, 0.6) is 11.6 Å². The number of halogens is 2. The number of hydrogen-bond donors (Lipinski definition) is 0. The Morgan fingerprint density at radius 3 is 2.94 bits per heavy atom. The third-order valence-electron chi connectivity index (χ3n) is 1.91. The highest BCUT2D eigenvalue weighted by Gasteiger charge is 2.05. The Hall–Kier alpha value is -1.68. The van der Waals surface area contributed by atoms with Gasteiger partial charge in [0.1, 0.15) is 11.6 Å². The van der Waals surface area contributed by atoms with Crippen molar-refractivity contribution in [3.05, 3.63) is 47.1 Å². The van der Waals surface area contributed by atoms with Gasteiger partial charge in [0.05, 0.1) is 0 Å². The van der Waals surface area contributed by atoms with Gasteiger partial charge in [-0.05, 0) is 30.7 Å². The van der Waals surface area contributed by atoms with Gasteiger partial charge in [0, 0.05) is 17.8 Å². The molecule has 1 aromatic carbocycles. The van der Waals surface area contributed by atoms with Gasteiger partial charge in [-0.1, -0.05) is 6.07 Å². The number of rotatable bonds is 2. The number of hydrogen-bond acceptors (Lipinski definition) is 3. The summed E-state index contributed by atoms with van der Waals surface area (Å²) in [6.07, 6.45) is 1.55. The van der Waals surface area contributed by atoms with E-state index in [1.807, 2.05) is 0 Å². The largest absolute Gasteiger partial charge is 0.438 e. The van der Waals surface area contributed by atoms with E-state index < -0.39 is 0 Å². The van der Waals surface area contributed by atoms with Gasteiger partial charge < -0.3 is 4.74 Å². The van der Waals surface area contributed by atoms with E-state index in [1.54, 1.807) is 25.3 Å². The Morgan fingerprint density at radius 2 is 2.19 bits per heavy atom. The number of aryl methyl sites for hydroxylation is 1. The van der Waals surface area contributed by atoms with Crippen molar-refractivity contribution in [1.29, 1.82) is 0 Å². The average Bonchev–Trinajstić information content (AvgIpc) is 2.24. The number of ether oxygens (including phenoxy) is 1. The Kier molecular flexibility index (Phi) is 3.01. The first-order valence-corrected chi connectivity index (χ1v) is 4.95. The highest BCUT2D eigenvalue weighted by Crippen LogP contribution is 2.23. The molecule has 0 aliphatic carbocycles. The van der Waals surface area contributed by atoms with Crippen LogP contribution in [0.4, 0.5) is 4.39 Å². The van der Waals surface area contributed by atoms with Crippen LogP contribution in [0.15, 0.2) is 30.5 Å². The van der Waals surface area contributed by atoms with Crippen LogP contribution in [-0.2, 0) is 0 Å². The Bertz CT molecular complexity index is 519. The second kappa shape index (κ2) is 4.45. The number of benzene rings is 1. The van der Waals surface area contributed by atoms with Gasteiger partial charge >= 0.3 is 0 Å². The third-order valence-corrected chi connectivity index (χ3v) is 2.09. The van der Waals surface area contributed by atoms with E-state index in [1.165, 1.54) is 12.1 Å². The van der Waals surface area contributed by atoms with Crippen LogP contribution in [0.25, 0.3) is 0 Å². The normalized spacial score (nSPS) is 10.2. The molecule has 0 saturated carbocycles. The molecule has 2 rings (SSSR count). The molecule has 0 radical (unpaired) electrons. The van der Waals surface area contributed by atoms with Crippen LogP contribution in [0.3, 0.4) is 0 Å². The maximum Gasteiger partial charge on any atom is 0.226 e. The van der Waals surface area contributed by atoms with E-state index in [4.69, 9.17) is 16.3 Å². The standard InChI is InChI=1S/C11H8ClFN2O/c1-7-6-14-11(12)15-10(7)16-9-4-2-3-8(13)5-9/h2-6H,1H3. The lowest BCUT2D eigenvalue weighted by atomic mass is 10.3. The zero-order valence-corrected chi connectivity index (χ0v) is 9.20. The summed E-state index contributed by atoms with van der Waals surface area (Å²) in [7, 11) is 0. The first-order valence-electron chi connectivity index (χ1n) is 4.58. The summed E-state index contributed by atoms with van der Waals surface area (Å²) < 4.78 is 18.3. The molecule has 3 nitrogen and oxygen atoms in total. The monoisotopic (exact) mass is 238 g/mol. The van der Waals surface area contributed by atoms with Crippen molar-refractivity contribution in [2.75, 3.05) is 0 Å². The lowest BCUT2D eigenvalue weighted by molar-refractivity contribution is 0.453. The van der Waals surface area contributed by atoms with Crippen LogP contribution in [-0.4, -0.2) is 9.97 Å². The zero-order chi connectivity index (χ0) is 11.5. The van der Waals surface area contributed by atoms with Crippen molar-refractivity contribution in [3.63, 3.8) is 0 Å². The molecule has 16 heavy (non-hydrogen) atoms. The second-order valence-electron chi connectivity index (χ2n) is 3.19. The Labute approximate surface area is 96.9 Å². The van der Waals surface area contributed by atoms with E-state index in [0.29, 0.717) is 11.6 Å². The second-order valence-corrected chi connectivity index (χ2v) is 3.52. The van der Waals surface area contributed by atoms with Gasteiger partial charge in [0.15, 0.2) is 0 Å². The minimum absolute atomic E-state index is 0.0944. The maximum absolute atomic E-state index is 12.9. The molecule has 2 aromatic rings. The molecule has 82 valence electrons. The minimum atomic E-state index is -0.365. The first-order chi connectivity index (χ1) is 7.65. The zero-order valence-electron chi connectivity index (χ0n) is 8.45. The molecule has 0 amide bonds. The van der Waals surface area contributed by atoms with Crippen molar-refractivity contribution in [3.8, 4) is 11.6 Å². The molecule has 0 bridgehead atoms. The molecule has 1 heterocycles. The van der Waals surface area contributed by atoms with Gasteiger partial charge in [-0.3, -0.25) is 0 Å². The SMILES string of the molecule is Cc1cnc(Cl)nc1Oc1cccc(F)c1. The summed E-state index contributed by atoms with van der Waals surface area (Å²) in [5.74, 6) is 0.332. The molecule has 0 fully saturated rings. The molecule has 0 atom stereocenters. The fourth-order valence-corrected chi connectivity index (χ4v) is 1.28. The number of nitrogens with zero attached hydrogens (tertiary/aromatic N) is 2. The van der Waals surface area contributed by atoms with Crippen molar-refractivity contribution in [2.45, 2.75) is 6.92 Å². The molecule has 0 saturated heterocycles. The highest BCUT2D eigenvalue weighted by molar-refractivity contribution is 6.28. The summed E-state index contributed by atoms with van der Waals surface area (Å²) in [4.78, 5) is 7.71. The third kappa shape index (κ3) is 2.46. The van der Waals surface area contributed by atoms with Crippen LogP contribution >= 0.6 is 11.6 Å². The fraction of sp³-hybridized carbons (Fsp3) is 0.0909. The molecule has 1 aromatic heterocycles. The van der Waals surface area contributed by atoms with E-state index >= 15 is 0 Å². The van der Waals surface area contributed by atoms with Crippen LogP contribution in [0, 0.1) is 12.7 Å². The quantitative estimate of drug-likeness (QED) is 0.753. The van der Waals surface area contributed by atoms with E-state index in [-0.39, 0.29) is 11.1 Å². The molecular weight excluding hydrogens is 231 g/mol. The fourth-order valence-electron chi connectivity index (χ4n) is 1.15. The molecule has 0 spiro atoms. The van der Waals surface area contributed by atoms with Gasteiger partial charge in [-0.25, -0.2) is 9.37 Å². The lowest BCUT2D eigenvalue weighted by Crippen LogP contribution is -1.93. The summed E-state index contributed by atoms with van der Waals surface area (Å²) in [5.41, 5.74) is 0.730.